The molecule has 1 aromatic carbocycles. The Morgan fingerprint density at radius 1 is 1.09 bits per heavy atom. The summed E-state index contributed by atoms with van der Waals surface area (Å²) in [6.07, 6.45) is 9.83. The summed E-state index contributed by atoms with van der Waals surface area (Å²) in [4.78, 5) is 0. The first kappa shape index (κ1) is 14.6. The molecule has 0 spiro atoms. The molecule has 0 bridgehead atoms. The van der Waals surface area contributed by atoms with Gasteiger partial charge in [-0.1, -0.05) is 36.4 Å². The quantitative estimate of drug-likeness (QED) is 0.644. The molecule has 0 amide bonds. The van der Waals surface area contributed by atoms with Crippen molar-refractivity contribution in [3.05, 3.63) is 73.5 Å². The first-order valence-electron chi connectivity index (χ1n) is 8.76. The molecule has 4 rings (SSSR count). The summed E-state index contributed by atoms with van der Waals surface area (Å²) in [6.45, 7) is 13.2. The Morgan fingerprint density at radius 2 is 1.87 bits per heavy atom. The summed E-state index contributed by atoms with van der Waals surface area (Å²) in [5, 5.41) is 1.45. The fraction of sp³-hybridized carbons (Fsp3) is 0.364. The number of benzene rings is 1. The molecule has 0 saturated heterocycles. The number of rotatable bonds is 5. The van der Waals surface area contributed by atoms with Crippen LogP contribution >= 0.6 is 0 Å². The third-order valence-corrected chi connectivity index (χ3v) is 6.05. The van der Waals surface area contributed by atoms with Crippen LogP contribution in [0.2, 0.25) is 0 Å². The van der Waals surface area contributed by atoms with E-state index in [1.54, 1.807) is 11.3 Å². The van der Waals surface area contributed by atoms with E-state index in [1.807, 2.05) is 6.08 Å². The number of nitrogens with zero attached hydrogens (tertiary/aromatic N) is 1. The summed E-state index contributed by atoms with van der Waals surface area (Å²) in [7, 11) is 0. The molecule has 2 aromatic rings. The van der Waals surface area contributed by atoms with E-state index in [9.17, 15) is 0 Å². The van der Waals surface area contributed by atoms with Crippen LogP contribution in [0.25, 0.3) is 10.9 Å². The van der Waals surface area contributed by atoms with Crippen LogP contribution in [0.15, 0.2) is 62.2 Å². The van der Waals surface area contributed by atoms with Crippen LogP contribution in [0.5, 0.6) is 0 Å². The van der Waals surface area contributed by atoms with Crippen molar-refractivity contribution in [2.75, 3.05) is 0 Å². The number of fused-ring (bicyclic) bond motifs is 5. The lowest BCUT2D eigenvalue weighted by Gasteiger charge is -2.21. The van der Waals surface area contributed by atoms with Crippen LogP contribution < -0.4 is 0 Å². The first-order valence-corrected chi connectivity index (χ1v) is 8.76. The van der Waals surface area contributed by atoms with Gasteiger partial charge in [0.25, 0.3) is 0 Å². The molecule has 2 aliphatic rings. The van der Waals surface area contributed by atoms with E-state index in [2.05, 4.69) is 60.7 Å². The van der Waals surface area contributed by atoms with Gasteiger partial charge in [0.15, 0.2) is 0 Å². The van der Waals surface area contributed by atoms with Crippen molar-refractivity contribution in [1.29, 1.82) is 0 Å². The zero-order valence-electron chi connectivity index (χ0n) is 13.7. The predicted octanol–water partition coefficient (Wildman–Crippen LogP) is 5.48. The van der Waals surface area contributed by atoms with E-state index in [4.69, 9.17) is 0 Å². The van der Waals surface area contributed by atoms with Crippen molar-refractivity contribution < 1.29 is 0 Å². The normalized spacial score (nSPS) is 28.5. The number of allylic oxidation sites excluding steroid dienone is 3. The molecule has 2 aliphatic carbocycles. The Kier molecular flexibility index (Phi) is 3.52. The summed E-state index contributed by atoms with van der Waals surface area (Å²) in [5.41, 5.74) is 4.55. The fourth-order valence-electron chi connectivity index (χ4n) is 5.10. The Morgan fingerprint density at radius 3 is 2.61 bits per heavy atom. The van der Waals surface area contributed by atoms with Crippen molar-refractivity contribution in [2.24, 2.45) is 17.8 Å². The van der Waals surface area contributed by atoms with Crippen LogP contribution in [-0.4, -0.2) is 4.57 Å². The van der Waals surface area contributed by atoms with Crippen LogP contribution in [-0.2, 0) is 13.0 Å². The average Bonchev–Trinajstić information content (AvgIpc) is 3.21. The van der Waals surface area contributed by atoms with Gasteiger partial charge in [-0.15, -0.1) is 19.7 Å². The smallest absolute Gasteiger partial charge is 0.0485 e. The maximum Gasteiger partial charge on any atom is 0.0485 e. The van der Waals surface area contributed by atoms with Gasteiger partial charge in [0.05, 0.1) is 0 Å². The molecule has 1 fully saturated rings. The lowest BCUT2D eigenvalue weighted by molar-refractivity contribution is 0.429. The van der Waals surface area contributed by atoms with Crippen LogP contribution in [0.4, 0.5) is 0 Å². The van der Waals surface area contributed by atoms with E-state index in [0.717, 1.165) is 13.0 Å². The van der Waals surface area contributed by atoms with Crippen molar-refractivity contribution in [1.82, 2.24) is 4.57 Å². The van der Waals surface area contributed by atoms with E-state index in [0.29, 0.717) is 23.7 Å². The molecule has 1 heterocycles. The van der Waals surface area contributed by atoms with Crippen LogP contribution in [0.3, 0.4) is 0 Å². The van der Waals surface area contributed by atoms with Crippen molar-refractivity contribution in [3.8, 4) is 0 Å². The molecule has 1 heteroatoms. The highest BCUT2D eigenvalue weighted by Gasteiger charge is 2.48. The molecule has 118 valence electrons. The molecule has 0 aliphatic heterocycles. The highest BCUT2D eigenvalue weighted by atomic mass is 15.0. The molecule has 1 aromatic heterocycles. The summed E-state index contributed by atoms with van der Waals surface area (Å²) < 4.78 is 2.57. The minimum absolute atomic E-state index is 0.580. The summed E-state index contributed by atoms with van der Waals surface area (Å²) in [6, 6.07) is 8.90. The zero-order valence-corrected chi connectivity index (χ0v) is 13.7. The molecule has 0 unspecified atom stereocenters. The second-order valence-electron chi connectivity index (χ2n) is 7.04. The SMILES string of the molecule is C=CCCn1c2c(c3ccccc31)C[C@H]1[C@@H]2[C@H](C=C)C[C@@H]1C=C. The van der Waals surface area contributed by atoms with Crippen LogP contribution in [0, 0.1) is 17.8 Å². The highest BCUT2D eigenvalue weighted by molar-refractivity contribution is 5.86. The molecule has 1 saturated carbocycles. The second-order valence-corrected chi connectivity index (χ2v) is 7.04. The highest BCUT2D eigenvalue weighted by Crippen LogP contribution is 2.57. The van der Waals surface area contributed by atoms with Crippen molar-refractivity contribution >= 4 is 10.9 Å². The number of aryl methyl sites for hydroxylation is 1. The van der Waals surface area contributed by atoms with Crippen molar-refractivity contribution in [2.45, 2.75) is 31.7 Å². The Bertz CT molecular complexity index is 779. The Labute approximate surface area is 139 Å². The average molecular weight is 303 g/mol. The van der Waals surface area contributed by atoms with Gasteiger partial charge < -0.3 is 4.57 Å². The topological polar surface area (TPSA) is 4.93 Å². The number of hydrogen-bond acceptors (Lipinski definition) is 0. The lowest BCUT2D eigenvalue weighted by Crippen LogP contribution is -2.14. The molecular weight excluding hydrogens is 278 g/mol. The molecule has 0 radical (unpaired) electrons. The number of aromatic nitrogens is 1. The van der Waals surface area contributed by atoms with E-state index in [-0.39, 0.29) is 0 Å². The van der Waals surface area contributed by atoms with Gasteiger partial charge in [-0.3, -0.25) is 0 Å². The van der Waals surface area contributed by atoms with Gasteiger partial charge in [0.1, 0.15) is 0 Å². The standard InChI is InChI=1S/C22H25N/c1-4-7-12-23-20-11-9-8-10-17(20)19-14-18-15(5-2)13-16(6-3)21(18)22(19)23/h4-6,8-11,15-16,18,21H,1-3,7,12-14H2/t15-,16+,18+,21-/m0/s1. The number of para-hydroxylation sites is 1. The van der Waals surface area contributed by atoms with Gasteiger partial charge >= 0.3 is 0 Å². The third kappa shape index (κ3) is 1.99. The minimum atomic E-state index is 0.580. The minimum Gasteiger partial charge on any atom is -0.344 e. The second kappa shape index (κ2) is 5.56. The summed E-state index contributed by atoms with van der Waals surface area (Å²) in [5.74, 6) is 2.53. The maximum atomic E-state index is 4.13. The Hall–Kier alpha value is -2.02. The third-order valence-electron chi connectivity index (χ3n) is 6.05. The first-order chi connectivity index (χ1) is 11.3. The molecule has 4 atom stereocenters. The molecule has 0 N–H and O–H groups in total. The summed E-state index contributed by atoms with van der Waals surface area (Å²) >= 11 is 0. The van der Waals surface area contributed by atoms with Crippen molar-refractivity contribution in [3.63, 3.8) is 0 Å². The molecule has 23 heavy (non-hydrogen) atoms. The largest absolute Gasteiger partial charge is 0.344 e. The van der Waals surface area contributed by atoms with Gasteiger partial charge in [0.2, 0.25) is 0 Å². The lowest BCUT2D eigenvalue weighted by atomic mass is 9.89. The fourth-order valence-corrected chi connectivity index (χ4v) is 5.10. The van der Waals surface area contributed by atoms with Gasteiger partial charge in [-0.2, -0.15) is 0 Å². The van der Waals surface area contributed by atoms with E-state index < -0.39 is 0 Å². The Balaban J connectivity index is 1.91. The molecule has 1 nitrogen and oxygen atoms in total. The van der Waals surface area contributed by atoms with Gasteiger partial charge in [0, 0.05) is 29.1 Å². The number of hydrogen-bond donors (Lipinski definition) is 0. The van der Waals surface area contributed by atoms with E-state index in [1.165, 1.54) is 23.7 Å². The zero-order chi connectivity index (χ0) is 16.0. The monoisotopic (exact) mass is 303 g/mol. The maximum absolute atomic E-state index is 4.13. The predicted molar refractivity (Wildman–Crippen MR) is 98.7 cm³/mol. The van der Waals surface area contributed by atoms with Gasteiger partial charge in [-0.25, -0.2) is 0 Å². The van der Waals surface area contributed by atoms with Gasteiger partial charge in [-0.05, 0) is 48.6 Å². The van der Waals surface area contributed by atoms with E-state index >= 15 is 0 Å². The van der Waals surface area contributed by atoms with Crippen LogP contribution in [0.1, 0.15) is 30.0 Å². The molecular formula is C22H25N.